The van der Waals surface area contributed by atoms with Gasteiger partial charge in [0.05, 0.1) is 0 Å². The van der Waals surface area contributed by atoms with Gasteiger partial charge >= 0.3 is 0 Å². The van der Waals surface area contributed by atoms with Crippen molar-refractivity contribution in [1.29, 1.82) is 0 Å². The number of hydrogen-bond donors (Lipinski definition) is 0. The summed E-state index contributed by atoms with van der Waals surface area (Å²) in [6.45, 7) is 14.7. The Morgan fingerprint density at radius 2 is 1.80 bits per heavy atom. The molecule has 0 bridgehead atoms. The lowest BCUT2D eigenvalue weighted by atomic mass is 9.74. The first kappa shape index (κ1) is 14.6. The molecule has 0 spiro atoms. The Morgan fingerprint density at radius 3 is 2.35 bits per heavy atom. The average Bonchev–Trinajstić information content (AvgIpc) is 2.44. The van der Waals surface area contributed by atoms with Gasteiger partial charge in [-0.3, -0.25) is 0 Å². The summed E-state index contributed by atoms with van der Waals surface area (Å²) >= 11 is 0. The molecule has 2 rings (SSSR count). The molecule has 2 atom stereocenters. The molecule has 0 heterocycles. The lowest BCUT2D eigenvalue weighted by Crippen LogP contribution is -2.19. The van der Waals surface area contributed by atoms with Gasteiger partial charge in [0.2, 0.25) is 0 Å². The molecule has 0 N–H and O–H groups in total. The fourth-order valence-corrected chi connectivity index (χ4v) is 2.69. The first-order valence-electron chi connectivity index (χ1n) is 7.32. The molecular weight excluding hydrogens is 240 g/mol. The molecule has 0 amide bonds. The Labute approximate surface area is 123 Å². The van der Waals surface area contributed by atoms with Crippen LogP contribution in [0.4, 0.5) is 0 Å². The molecule has 1 unspecified atom stereocenters. The van der Waals surface area contributed by atoms with E-state index in [1.165, 1.54) is 27.8 Å². The van der Waals surface area contributed by atoms with E-state index in [0.717, 1.165) is 6.42 Å². The number of allylic oxidation sites excluding steroid dienone is 6. The van der Waals surface area contributed by atoms with E-state index in [2.05, 4.69) is 64.3 Å². The minimum atomic E-state index is 0.547. The third kappa shape index (κ3) is 3.01. The third-order valence-corrected chi connectivity index (χ3v) is 4.33. The second-order valence-corrected chi connectivity index (χ2v) is 5.89. The molecule has 1 aromatic carbocycles. The predicted octanol–water partition coefficient (Wildman–Crippen LogP) is 5.42. The van der Waals surface area contributed by atoms with Crippen LogP contribution < -0.4 is 0 Å². The standard InChI is InChI=1S/C20H24/c1-6-7-19-13-20(17(19)5)16(4)15(3)12-18-10-8-14(2)9-11-18/h6-11,13,15-16H,1,5,12H2,2-4H3/b19-7-/t15?,16-/m1/s1. The Morgan fingerprint density at radius 1 is 1.15 bits per heavy atom. The summed E-state index contributed by atoms with van der Waals surface area (Å²) in [5.74, 6) is 1.16. The summed E-state index contributed by atoms with van der Waals surface area (Å²) in [7, 11) is 0. The summed E-state index contributed by atoms with van der Waals surface area (Å²) < 4.78 is 0. The Hall–Kier alpha value is -1.82. The van der Waals surface area contributed by atoms with Crippen LogP contribution in [0.25, 0.3) is 0 Å². The van der Waals surface area contributed by atoms with Crippen LogP contribution in [0.1, 0.15) is 25.0 Å². The van der Waals surface area contributed by atoms with Crippen molar-refractivity contribution in [3.05, 3.63) is 83.5 Å². The van der Waals surface area contributed by atoms with Crippen molar-refractivity contribution in [3.63, 3.8) is 0 Å². The molecule has 0 saturated heterocycles. The molecule has 104 valence electrons. The van der Waals surface area contributed by atoms with Gasteiger partial charge in [-0.1, -0.05) is 75.1 Å². The van der Waals surface area contributed by atoms with E-state index in [0.29, 0.717) is 11.8 Å². The molecule has 0 aromatic heterocycles. The van der Waals surface area contributed by atoms with Crippen LogP contribution in [0.5, 0.6) is 0 Å². The molecule has 0 radical (unpaired) electrons. The minimum Gasteiger partial charge on any atom is -0.0990 e. The zero-order valence-electron chi connectivity index (χ0n) is 12.8. The van der Waals surface area contributed by atoms with Crippen LogP contribution in [0.3, 0.4) is 0 Å². The molecule has 0 heteroatoms. The molecule has 0 aliphatic heterocycles. The van der Waals surface area contributed by atoms with Crippen molar-refractivity contribution in [1.82, 2.24) is 0 Å². The molecular formula is C20H24. The normalized spacial score (nSPS) is 19.2. The van der Waals surface area contributed by atoms with Crippen molar-refractivity contribution in [2.24, 2.45) is 11.8 Å². The first-order chi connectivity index (χ1) is 9.52. The summed E-state index contributed by atoms with van der Waals surface area (Å²) in [4.78, 5) is 0. The van der Waals surface area contributed by atoms with E-state index in [9.17, 15) is 0 Å². The number of aryl methyl sites for hydroxylation is 1. The van der Waals surface area contributed by atoms with Crippen LogP contribution in [0.15, 0.2) is 72.4 Å². The van der Waals surface area contributed by atoms with Gasteiger partial charge in [0, 0.05) is 0 Å². The van der Waals surface area contributed by atoms with Crippen LogP contribution in [-0.4, -0.2) is 0 Å². The third-order valence-electron chi connectivity index (χ3n) is 4.33. The van der Waals surface area contributed by atoms with Gasteiger partial charge in [-0.2, -0.15) is 0 Å². The van der Waals surface area contributed by atoms with Gasteiger partial charge < -0.3 is 0 Å². The number of benzene rings is 1. The first-order valence-corrected chi connectivity index (χ1v) is 7.32. The maximum absolute atomic E-state index is 4.18. The van der Waals surface area contributed by atoms with Gasteiger partial charge in [0.15, 0.2) is 0 Å². The fraction of sp³-hybridized carbons (Fsp3) is 0.300. The average molecular weight is 264 g/mol. The SMILES string of the molecule is C=C/C=C1/C=C([C@H](C)C(C)Cc2ccc(C)cc2)C1=C. The lowest BCUT2D eigenvalue weighted by Gasteiger charge is -2.31. The van der Waals surface area contributed by atoms with Crippen molar-refractivity contribution in [3.8, 4) is 0 Å². The maximum Gasteiger partial charge on any atom is -0.0155 e. The summed E-state index contributed by atoms with van der Waals surface area (Å²) in [6.07, 6.45) is 7.23. The second kappa shape index (κ2) is 6.09. The van der Waals surface area contributed by atoms with E-state index in [4.69, 9.17) is 0 Å². The molecule has 1 aliphatic rings. The van der Waals surface area contributed by atoms with E-state index in [-0.39, 0.29) is 0 Å². The number of rotatable bonds is 5. The highest BCUT2D eigenvalue weighted by molar-refractivity contribution is 5.63. The molecule has 0 nitrogen and oxygen atoms in total. The highest BCUT2D eigenvalue weighted by atomic mass is 14.3. The van der Waals surface area contributed by atoms with Gasteiger partial charge in [0.1, 0.15) is 0 Å². The smallest absolute Gasteiger partial charge is 0.0155 e. The van der Waals surface area contributed by atoms with E-state index >= 15 is 0 Å². The Balaban J connectivity index is 2.03. The van der Waals surface area contributed by atoms with Crippen molar-refractivity contribution in [2.45, 2.75) is 27.2 Å². The van der Waals surface area contributed by atoms with Crippen molar-refractivity contribution >= 4 is 0 Å². The second-order valence-electron chi connectivity index (χ2n) is 5.89. The zero-order valence-corrected chi connectivity index (χ0v) is 12.8. The van der Waals surface area contributed by atoms with Crippen LogP contribution in [-0.2, 0) is 6.42 Å². The lowest BCUT2D eigenvalue weighted by molar-refractivity contribution is 0.438. The van der Waals surface area contributed by atoms with Gasteiger partial charge in [-0.25, -0.2) is 0 Å². The van der Waals surface area contributed by atoms with Crippen LogP contribution in [0.2, 0.25) is 0 Å². The molecule has 1 aliphatic carbocycles. The van der Waals surface area contributed by atoms with Crippen molar-refractivity contribution in [2.75, 3.05) is 0 Å². The van der Waals surface area contributed by atoms with Crippen LogP contribution in [0, 0.1) is 18.8 Å². The Kier molecular flexibility index (Phi) is 4.44. The number of hydrogen-bond acceptors (Lipinski definition) is 0. The molecule has 1 aromatic rings. The van der Waals surface area contributed by atoms with Gasteiger partial charge in [-0.05, 0) is 47.5 Å². The zero-order chi connectivity index (χ0) is 14.7. The highest BCUT2D eigenvalue weighted by Crippen LogP contribution is 2.39. The van der Waals surface area contributed by atoms with E-state index < -0.39 is 0 Å². The minimum absolute atomic E-state index is 0.547. The maximum atomic E-state index is 4.18. The van der Waals surface area contributed by atoms with Gasteiger partial charge in [0.25, 0.3) is 0 Å². The van der Waals surface area contributed by atoms with E-state index in [1.54, 1.807) is 0 Å². The largest absolute Gasteiger partial charge is 0.0990 e. The fourth-order valence-electron chi connectivity index (χ4n) is 2.69. The quantitative estimate of drug-likeness (QED) is 0.666. The highest BCUT2D eigenvalue weighted by Gasteiger charge is 2.25. The van der Waals surface area contributed by atoms with Gasteiger partial charge in [-0.15, -0.1) is 0 Å². The van der Waals surface area contributed by atoms with Crippen molar-refractivity contribution < 1.29 is 0 Å². The van der Waals surface area contributed by atoms with E-state index in [1.807, 2.05) is 12.2 Å². The monoisotopic (exact) mass is 264 g/mol. The summed E-state index contributed by atoms with van der Waals surface area (Å²) in [5.41, 5.74) is 6.56. The molecule has 20 heavy (non-hydrogen) atoms. The molecule has 0 saturated carbocycles. The summed E-state index contributed by atoms with van der Waals surface area (Å²) in [5, 5.41) is 0. The molecule has 0 fully saturated rings. The van der Waals surface area contributed by atoms with Crippen LogP contribution >= 0.6 is 0 Å². The summed E-state index contributed by atoms with van der Waals surface area (Å²) in [6, 6.07) is 8.87. The predicted molar refractivity (Wildman–Crippen MR) is 88.7 cm³/mol. The topological polar surface area (TPSA) is 0 Å². The Bertz CT molecular complexity index is 567.